The van der Waals surface area contributed by atoms with Crippen LogP contribution in [0, 0.1) is 34.9 Å². The lowest BCUT2D eigenvalue weighted by Gasteiger charge is -2.20. The molecule has 0 aliphatic carbocycles. The van der Waals surface area contributed by atoms with Crippen LogP contribution >= 0.6 is 0 Å². The van der Waals surface area contributed by atoms with Gasteiger partial charge in [0.2, 0.25) is 0 Å². The fourth-order valence-electron chi connectivity index (χ4n) is 5.39. The highest BCUT2D eigenvalue weighted by molar-refractivity contribution is 5.74. The molecule has 0 N–H and O–H groups in total. The zero-order valence-electron chi connectivity index (χ0n) is 25.3. The Kier molecular flexibility index (Phi) is 10.3. The fraction of sp³-hybridized carbons (Fsp3) is 0.211. The van der Waals surface area contributed by atoms with Crippen molar-refractivity contribution in [3.63, 3.8) is 0 Å². The molecule has 0 atom stereocenters. The standard InChI is InChI=1S/C38H30F8O/c1-2-3-4-5-6-7-23-8-10-24(11-9-23)25-12-15-29(32(40)18-25)26-13-16-30(33(41)19-26)27-20-35(43)37(36(44)21-27)38(45,46)47-28-14-17-31(39)34(42)22-28/h8-22H,2-7H2,1H3. The molecule has 9 heteroatoms. The Morgan fingerprint density at radius 2 is 1.04 bits per heavy atom. The van der Waals surface area contributed by atoms with Gasteiger partial charge in [-0.05, 0) is 77.1 Å². The molecule has 5 aromatic rings. The summed E-state index contributed by atoms with van der Waals surface area (Å²) < 4.78 is 120. The highest BCUT2D eigenvalue weighted by atomic mass is 19.3. The molecule has 0 aromatic heterocycles. The molecule has 0 saturated carbocycles. The van der Waals surface area contributed by atoms with Crippen LogP contribution in [0.5, 0.6) is 5.75 Å². The van der Waals surface area contributed by atoms with Gasteiger partial charge < -0.3 is 4.74 Å². The number of unbranched alkanes of at least 4 members (excludes halogenated alkanes) is 4. The van der Waals surface area contributed by atoms with E-state index in [-0.39, 0.29) is 16.7 Å². The van der Waals surface area contributed by atoms with Crippen molar-refractivity contribution in [1.82, 2.24) is 0 Å². The van der Waals surface area contributed by atoms with Crippen molar-refractivity contribution < 1.29 is 39.9 Å². The van der Waals surface area contributed by atoms with Gasteiger partial charge in [0.25, 0.3) is 0 Å². The third kappa shape index (κ3) is 7.84. The molecule has 0 radical (unpaired) electrons. The zero-order chi connectivity index (χ0) is 33.7. The van der Waals surface area contributed by atoms with Gasteiger partial charge in [0.15, 0.2) is 11.6 Å². The maximum atomic E-state index is 15.2. The van der Waals surface area contributed by atoms with Crippen LogP contribution in [0.2, 0.25) is 0 Å². The predicted molar refractivity (Wildman–Crippen MR) is 166 cm³/mol. The quantitative estimate of drug-likeness (QED) is 0.0961. The van der Waals surface area contributed by atoms with Crippen LogP contribution in [0.25, 0.3) is 33.4 Å². The summed E-state index contributed by atoms with van der Waals surface area (Å²) in [6.45, 7) is 2.18. The summed E-state index contributed by atoms with van der Waals surface area (Å²) in [4.78, 5) is 0. The molecule has 1 nitrogen and oxygen atoms in total. The van der Waals surface area contributed by atoms with E-state index in [2.05, 4.69) is 11.7 Å². The van der Waals surface area contributed by atoms with Crippen molar-refractivity contribution in [2.45, 2.75) is 51.6 Å². The summed E-state index contributed by atoms with van der Waals surface area (Å²) in [7, 11) is 0. The highest BCUT2D eigenvalue weighted by Crippen LogP contribution is 2.38. The normalized spacial score (nSPS) is 11.6. The van der Waals surface area contributed by atoms with Gasteiger partial charge in [-0.3, -0.25) is 0 Å². The van der Waals surface area contributed by atoms with Gasteiger partial charge in [-0.15, -0.1) is 0 Å². The molecule has 5 rings (SSSR count). The number of halogens is 8. The lowest BCUT2D eigenvalue weighted by molar-refractivity contribution is -0.189. The molecule has 0 aliphatic rings. The molecule has 0 unspecified atom stereocenters. The Morgan fingerprint density at radius 3 is 1.66 bits per heavy atom. The van der Waals surface area contributed by atoms with Crippen LogP contribution in [0.3, 0.4) is 0 Å². The topological polar surface area (TPSA) is 9.23 Å². The van der Waals surface area contributed by atoms with Gasteiger partial charge in [-0.25, -0.2) is 26.3 Å². The molecule has 0 heterocycles. The van der Waals surface area contributed by atoms with Crippen molar-refractivity contribution in [2.24, 2.45) is 0 Å². The van der Waals surface area contributed by atoms with Gasteiger partial charge >= 0.3 is 6.11 Å². The Labute approximate surface area is 267 Å². The van der Waals surface area contributed by atoms with E-state index in [4.69, 9.17) is 0 Å². The van der Waals surface area contributed by atoms with Crippen molar-refractivity contribution in [3.8, 4) is 39.1 Å². The molecule has 0 fully saturated rings. The van der Waals surface area contributed by atoms with Crippen LogP contribution < -0.4 is 4.74 Å². The zero-order valence-corrected chi connectivity index (χ0v) is 25.3. The van der Waals surface area contributed by atoms with Crippen LogP contribution in [0.15, 0.2) is 91.0 Å². The van der Waals surface area contributed by atoms with Crippen LogP contribution in [-0.4, -0.2) is 0 Å². The predicted octanol–water partition coefficient (Wildman–Crippen LogP) is 12.2. The fourth-order valence-corrected chi connectivity index (χ4v) is 5.39. The number of rotatable bonds is 12. The minimum atomic E-state index is -4.63. The van der Waals surface area contributed by atoms with E-state index in [1.54, 1.807) is 6.07 Å². The Hall–Kier alpha value is -4.66. The molecule has 0 amide bonds. The number of hydrogen-bond acceptors (Lipinski definition) is 1. The molecule has 47 heavy (non-hydrogen) atoms. The van der Waals surface area contributed by atoms with Gasteiger partial charge in [-0.2, -0.15) is 8.78 Å². The first-order valence-corrected chi connectivity index (χ1v) is 15.2. The third-order valence-corrected chi connectivity index (χ3v) is 7.89. The van der Waals surface area contributed by atoms with Crippen LogP contribution in [0.4, 0.5) is 35.1 Å². The van der Waals surface area contributed by atoms with Gasteiger partial charge in [0, 0.05) is 17.2 Å². The van der Waals surface area contributed by atoms with Gasteiger partial charge in [0.05, 0.1) is 0 Å². The Balaban J connectivity index is 1.32. The molecule has 5 aromatic carbocycles. The summed E-state index contributed by atoms with van der Waals surface area (Å²) >= 11 is 0. The molecule has 244 valence electrons. The number of hydrogen-bond donors (Lipinski definition) is 0. The van der Waals surface area contributed by atoms with E-state index in [9.17, 15) is 26.3 Å². The molecule has 0 spiro atoms. The first-order chi connectivity index (χ1) is 22.5. The van der Waals surface area contributed by atoms with E-state index in [0.717, 1.165) is 30.5 Å². The van der Waals surface area contributed by atoms with E-state index in [1.165, 1.54) is 49.4 Å². The van der Waals surface area contributed by atoms with Crippen molar-refractivity contribution in [3.05, 3.63) is 137 Å². The summed E-state index contributed by atoms with van der Waals surface area (Å²) in [5.74, 6) is -8.83. The smallest absolute Gasteiger partial charge is 0.429 e. The van der Waals surface area contributed by atoms with E-state index in [1.807, 2.05) is 24.3 Å². The Bertz CT molecular complexity index is 1840. The van der Waals surface area contributed by atoms with Crippen molar-refractivity contribution >= 4 is 0 Å². The molecule has 0 saturated heterocycles. The molecular weight excluding hydrogens is 624 g/mol. The summed E-state index contributed by atoms with van der Waals surface area (Å²) in [5, 5.41) is 0. The highest BCUT2D eigenvalue weighted by Gasteiger charge is 2.41. The maximum Gasteiger partial charge on any atom is 0.432 e. The number of aryl methyl sites for hydroxylation is 1. The molecule has 0 bridgehead atoms. The minimum Gasteiger partial charge on any atom is -0.429 e. The minimum absolute atomic E-state index is 0.0876. The second-order valence-corrected chi connectivity index (χ2v) is 11.3. The lowest BCUT2D eigenvalue weighted by atomic mass is 9.96. The summed E-state index contributed by atoms with van der Waals surface area (Å²) in [6.07, 6.45) is 2.29. The maximum absolute atomic E-state index is 15.2. The lowest BCUT2D eigenvalue weighted by Crippen LogP contribution is -2.25. The van der Waals surface area contributed by atoms with E-state index >= 15 is 8.78 Å². The Morgan fingerprint density at radius 1 is 0.489 bits per heavy atom. The van der Waals surface area contributed by atoms with Crippen LogP contribution in [-0.2, 0) is 12.5 Å². The molecular formula is C38H30F8O. The monoisotopic (exact) mass is 654 g/mol. The largest absolute Gasteiger partial charge is 0.432 e. The average molecular weight is 655 g/mol. The summed E-state index contributed by atoms with van der Waals surface area (Å²) in [6, 6.07) is 18.4. The first kappa shape index (κ1) is 33.7. The van der Waals surface area contributed by atoms with Gasteiger partial charge in [0.1, 0.15) is 34.6 Å². The van der Waals surface area contributed by atoms with E-state index < -0.39 is 57.9 Å². The first-order valence-electron chi connectivity index (χ1n) is 15.2. The van der Waals surface area contributed by atoms with Crippen molar-refractivity contribution in [1.29, 1.82) is 0 Å². The third-order valence-electron chi connectivity index (χ3n) is 7.89. The number of benzene rings is 5. The van der Waals surface area contributed by atoms with Crippen LogP contribution in [0.1, 0.15) is 50.2 Å². The second kappa shape index (κ2) is 14.4. The molecule has 0 aliphatic heterocycles. The SMILES string of the molecule is CCCCCCCc1ccc(-c2ccc(-c3ccc(-c4cc(F)c(C(F)(F)Oc5ccc(F)c(F)c5)c(F)c4)c(F)c3)c(F)c2)cc1. The average Bonchev–Trinajstić information content (AvgIpc) is 3.02. The van der Waals surface area contributed by atoms with Crippen molar-refractivity contribution in [2.75, 3.05) is 0 Å². The number of alkyl halides is 2. The van der Waals surface area contributed by atoms with Gasteiger partial charge in [-0.1, -0.05) is 81.1 Å². The number of ether oxygens (including phenoxy) is 1. The summed E-state index contributed by atoms with van der Waals surface area (Å²) in [5.41, 5.74) is 0.358. The second-order valence-electron chi connectivity index (χ2n) is 11.3. The van der Waals surface area contributed by atoms with E-state index in [0.29, 0.717) is 35.9 Å².